The van der Waals surface area contributed by atoms with Crippen LogP contribution in [0.15, 0.2) is 0 Å². The zero-order valence-corrected chi connectivity index (χ0v) is 7.53. The molecule has 0 aliphatic carbocycles. The van der Waals surface area contributed by atoms with Gasteiger partial charge in [0.25, 0.3) is 0 Å². The highest BCUT2D eigenvalue weighted by molar-refractivity contribution is 6.73. The fourth-order valence-electron chi connectivity index (χ4n) is 1.06. The van der Waals surface area contributed by atoms with Gasteiger partial charge >= 0.3 is 21.4 Å². The summed E-state index contributed by atoms with van der Waals surface area (Å²) in [7, 11) is -0.411. The third-order valence-corrected chi connectivity index (χ3v) is 1.58. The summed E-state index contributed by atoms with van der Waals surface area (Å²) < 4.78 is 16.0. The van der Waals surface area contributed by atoms with Crippen LogP contribution >= 0.6 is 0 Å². The Hall–Kier alpha value is 0.0748. The molecule has 0 bridgehead atoms. The van der Waals surface area contributed by atoms with Crippen LogP contribution in [0.5, 0.6) is 0 Å². The maximum absolute atomic E-state index is 5.37. The maximum atomic E-state index is 5.37. The topological polar surface area (TPSA) is 27.7 Å². The second-order valence-corrected chi connectivity index (χ2v) is 3.16. The fraction of sp³-hybridized carbons (Fsp3) is 1.00. The molecule has 1 saturated heterocycles. The molecule has 1 heterocycles. The van der Waals surface area contributed by atoms with E-state index >= 15 is 0 Å². The van der Waals surface area contributed by atoms with E-state index in [1.807, 2.05) is 13.6 Å². The quantitative estimate of drug-likeness (QED) is 0.530. The van der Waals surface area contributed by atoms with E-state index in [1.165, 1.54) is 0 Å². The molecule has 1 aliphatic heterocycles. The van der Waals surface area contributed by atoms with Crippen molar-refractivity contribution in [3.63, 3.8) is 0 Å². The predicted molar refractivity (Wildman–Crippen MR) is 47.3 cm³/mol. The highest BCUT2D eigenvalue weighted by Gasteiger charge is 2.36. The summed E-state index contributed by atoms with van der Waals surface area (Å²) in [6.07, 6.45) is 0. The first-order valence-electron chi connectivity index (χ1n) is 4.06. The van der Waals surface area contributed by atoms with Crippen molar-refractivity contribution in [3.8, 4) is 0 Å². The lowest BCUT2D eigenvalue weighted by Gasteiger charge is -2.29. The molecule has 1 fully saturated rings. The third kappa shape index (κ3) is 2.54. The van der Waals surface area contributed by atoms with Crippen LogP contribution in [0.25, 0.3) is 0 Å². The average Bonchev–Trinajstić information content (AvgIpc) is 1.85. The molecule has 3 nitrogen and oxygen atoms in total. The number of hydrogen-bond donors (Lipinski definition) is 0. The molecule has 0 N–H and O–H groups in total. The highest BCUT2D eigenvalue weighted by Crippen LogP contribution is 2.17. The van der Waals surface area contributed by atoms with Gasteiger partial charge in [0.2, 0.25) is 0 Å². The molecule has 0 amide bonds. The number of rotatable bonds is 1. The van der Waals surface area contributed by atoms with Crippen LogP contribution < -0.4 is 0 Å². The van der Waals surface area contributed by atoms with Gasteiger partial charge in [-0.3, -0.25) is 0 Å². The van der Waals surface area contributed by atoms with E-state index in [0.29, 0.717) is 5.82 Å². The second-order valence-electron chi connectivity index (χ2n) is 3.16. The molecule has 0 aromatic rings. The molecule has 0 radical (unpaired) electrons. The summed E-state index contributed by atoms with van der Waals surface area (Å²) in [5.74, 6) is 0.379. The Morgan fingerprint density at radius 2 is 1.36 bits per heavy atom. The van der Waals surface area contributed by atoms with Crippen LogP contribution in [0.4, 0.5) is 0 Å². The Morgan fingerprint density at radius 1 is 0.909 bits per heavy atom. The monoisotopic (exact) mass is 154 g/mol. The van der Waals surface area contributed by atoms with Gasteiger partial charge in [-0.15, -0.1) is 0 Å². The summed E-state index contributed by atoms with van der Waals surface area (Å²) in [5, 5.41) is 0. The van der Waals surface area contributed by atoms with Gasteiger partial charge in [0.05, 0.1) is 0 Å². The Kier molecular flexibility index (Phi) is 3.04. The van der Waals surface area contributed by atoms with E-state index in [2.05, 4.69) is 13.8 Å². The maximum Gasteiger partial charge on any atom is 0.432 e. The Bertz CT molecular complexity index is 122. The Morgan fingerprint density at radius 3 is 1.73 bits per heavy atom. The lowest BCUT2D eigenvalue weighted by atomic mass is 9.65. The normalized spacial score (nSPS) is 19.9. The van der Waals surface area contributed by atoms with E-state index < -0.39 is 0 Å². The first kappa shape index (κ1) is 9.17. The van der Waals surface area contributed by atoms with Gasteiger partial charge in [-0.1, -0.05) is 13.8 Å². The molecule has 1 aliphatic rings. The molecule has 0 aromatic heterocycles. The summed E-state index contributed by atoms with van der Waals surface area (Å²) in [6.45, 7) is 7.90. The molecule has 0 atom stereocenters. The Labute approximate surface area is 69.2 Å². The van der Waals surface area contributed by atoms with E-state index in [9.17, 15) is 0 Å². The largest absolute Gasteiger partial charge is 0.453 e. The van der Waals surface area contributed by atoms with Gasteiger partial charge in [-0.25, -0.2) is 0 Å². The summed E-state index contributed by atoms with van der Waals surface area (Å²) in [4.78, 5) is 0. The minimum Gasteiger partial charge on any atom is -0.453 e. The third-order valence-electron chi connectivity index (χ3n) is 1.58. The van der Waals surface area contributed by atoms with Gasteiger partial charge in [0, 0.05) is 0 Å². The van der Waals surface area contributed by atoms with E-state index in [-0.39, 0.29) is 21.4 Å². The van der Waals surface area contributed by atoms with E-state index in [1.54, 1.807) is 0 Å². The van der Waals surface area contributed by atoms with Crippen molar-refractivity contribution < 1.29 is 13.7 Å². The summed E-state index contributed by atoms with van der Waals surface area (Å²) in [5.41, 5.74) is 0. The molecular formula is C5H13B3O3. The molecule has 0 saturated carbocycles. The summed E-state index contributed by atoms with van der Waals surface area (Å²) in [6, 6.07) is 0. The van der Waals surface area contributed by atoms with Crippen LogP contribution in [-0.2, 0) is 13.7 Å². The van der Waals surface area contributed by atoms with Crippen LogP contribution in [0, 0.1) is 0 Å². The SMILES string of the molecule is CB1OB(C)OB(C(C)C)O1. The van der Waals surface area contributed by atoms with Crippen LogP contribution in [-0.4, -0.2) is 21.4 Å². The molecule has 1 rings (SSSR count). The minimum atomic E-state index is -0.147. The molecule has 6 heteroatoms. The fourth-order valence-corrected chi connectivity index (χ4v) is 1.06. The smallest absolute Gasteiger partial charge is 0.432 e. The van der Waals surface area contributed by atoms with Crippen molar-refractivity contribution in [1.29, 1.82) is 0 Å². The first-order valence-corrected chi connectivity index (χ1v) is 4.06. The van der Waals surface area contributed by atoms with Crippen molar-refractivity contribution in [2.75, 3.05) is 0 Å². The van der Waals surface area contributed by atoms with Crippen LogP contribution in [0.1, 0.15) is 13.8 Å². The van der Waals surface area contributed by atoms with Crippen molar-refractivity contribution in [2.24, 2.45) is 0 Å². The van der Waals surface area contributed by atoms with Crippen LogP contribution in [0.3, 0.4) is 0 Å². The van der Waals surface area contributed by atoms with E-state index in [4.69, 9.17) is 13.7 Å². The highest BCUT2D eigenvalue weighted by atomic mass is 16.7. The molecule has 0 aromatic carbocycles. The molecule has 11 heavy (non-hydrogen) atoms. The van der Waals surface area contributed by atoms with Gasteiger partial charge < -0.3 is 13.7 Å². The van der Waals surface area contributed by atoms with E-state index in [0.717, 1.165) is 0 Å². The summed E-state index contributed by atoms with van der Waals surface area (Å²) >= 11 is 0. The molecule has 0 unspecified atom stereocenters. The van der Waals surface area contributed by atoms with Gasteiger partial charge in [0.15, 0.2) is 0 Å². The lowest BCUT2D eigenvalue weighted by Crippen LogP contribution is -2.47. The van der Waals surface area contributed by atoms with Gasteiger partial charge in [0.1, 0.15) is 0 Å². The zero-order valence-electron chi connectivity index (χ0n) is 7.53. The zero-order chi connectivity index (χ0) is 8.43. The lowest BCUT2D eigenvalue weighted by molar-refractivity contribution is 0.282. The number of hydrogen-bond acceptors (Lipinski definition) is 3. The standard InChI is InChI=1S/C5H13B3O3/c1-5(2)8-10-6(3)9-7(4)11-8/h5H,1-4H3. The van der Waals surface area contributed by atoms with Crippen molar-refractivity contribution >= 4 is 21.4 Å². The van der Waals surface area contributed by atoms with Gasteiger partial charge in [-0.05, 0) is 19.5 Å². The predicted octanol–water partition coefficient (Wildman–Crippen LogP) is 1.18. The van der Waals surface area contributed by atoms with Gasteiger partial charge in [-0.2, -0.15) is 0 Å². The Balaban J connectivity index is 2.43. The average molecular weight is 154 g/mol. The molecule has 0 spiro atoms. The molecular weight excluding hydrogens is 140 g/mol. The van der Waals surface area contributed by atoms with Crippen molar-refractivity contribution in [1.82, 2.24) is 0 Å². The molecule has 60 valence electrons. The van der Waals surface area contributed by atoms with Crippen LogP contribution in [0.2, 0.25) is 19.5 Å². The second kappa shape index (κ2) is 3.65. The van der Waals surface area contributed by atoms with Crippen molar-refractivity contribution in [3.05, 3.63) is 0 Å². The first-order chi connectivity index (χ1) is 5.09. The van der Waals surface area contributed by atoms with Crippen molar-refractivity contribution in [2.45, 2.75) is 33.3 Å². The minimum absolute atomic E-state index is 0.117.